The summed E-state index contributed by atoms with van der Waals surface area (Å²) >= 11 is 3.30. The van der Waals surface area contributed by atoms with E-state index in [0.717, 1.165) is 0 Å². The molecular formula is C17H13BrN2O4. The fourth-order valence-electron chi connectivity index (χ4n) is 2.30. The normalized spacial score (nSPS) is 15.8. The molecular weight excluding hydrogens is 376 g/mol. The van der Waals surface area contributed by atoms with Gasteiger partial charge in [0, 0.05) is 4.47 Å². The van der Waals surface area contributed by atoms with Gasteiger partial charge in [0.25, 0.3) is 11.8 Å². The Kier molecular flexibility index (Phi) is 4.26. The van der Waals surface area contributed by atoms with Crippen molar-refractivity contribution >= 4 is 39.5 Å². The standard InChI is InChI=1S/C17H13BrN2O4/c1-24-15-8-10(13(18)9-14(15)21)7-12-16(22)19-20(17(12)23)11-5-3-2-4-6-11/h2-9,21H,1H3,(H,19,22)/b12-7-. The number of anilines is 1. The van der Waals surface area contributed by atoms with Gasteiger partial charge in [-0.15, -0.1) is 0 Å². The maximum atomic E-state index is 12.5. The van der Waals surface area contributed by atoms with Crippen LogP contribution in [-0.4, -0.2) is 24.0 Å². The molecule has 2 N–H and O–H groups in total. The van der Waals surface area contributed by atoms with Crippen LogP contribution in [0.15, 0.2) is 52.5 Å². The number of carbonyl (C=O) groups excluding carboxylic acids is 2. The summed E-state index contributed by atoms with van der Waals surface area (Å²) in [6.45, 7) is 0. The first-order valence-electron chi connectivity index (χ1n) is 7.00. The number of para-hydroxylation sites is 1. The van der Waals surface area contributed by atoms with Gasteiger partial charge < -0.3 is 9.84 Å². The van der Waals surface area contributed by atoms with Crippen LogP contribution in [0.2, 0.25) is 0 Å². The van der Waals surface area contributed by atoms with Crippen LogP contribution in [0.3, 0.4) is 0 Å². The number of hydrogen-bond acceptors (Lipinski definition) is 4. The molecule has 0 aliphatic carbocycles. The number of ether oxygens (including phenoxy) is 1. The highest BCUT2D eigenvalue weighted by Gasteiger charge is 2.34. The van der Waals surface area contributed by atoms with E-state index < -0.39 is 11.8 Å². The molecule has 0 aromatic heterocycles. The van der Waals surface area contributed by atoms with Crippen LogP contribution in [0.5, 0.6) is 11.5 Å². The molecule has 0 unspecified atom stereocenters. The van der Waals surface area contributed by atoms with E-state index in [4.69, 9.17) is 4.74 Å². The van der Waals surface area contributed by atoms with Crippen LogP contribution in [0.1, 0.15) is 5.56 Å². The Labute approximate surface area is 146 Å². The first kappa shape index (κ1) is 16.1. The van der Waals surface area contributed by atoms with Gasteiger partial charge in [-0.25, -0.2) is 5.01 Å². The molecule has 1 fully saturated rings. The van der Waals surface area contributed by atoms with Crippen LogP contribution in [0.4, 0.5) is 5.69 Å². The molecule has 0 bridgehead atoms. The lowest BCUT2D eigenvalue weighted by Crippen LogP contribution is -2.35. The zero-order valence-electron chi connectivity index (χ0n) is 12.6. The molecule has 2 amide bonds. The largest absolute Gasteiger partial charge is 0.504 e. The molecule has 1 aliphatic rings. The van der Waals surface area contributed by atoms with Crippen LogP contribution in [0, 0.1) is 0 Å². The molecule has 3 rings (SSSR count). The summed E-state index contributed by atoms with van der Waals surface area (Å²) in [6, 6.07) is 11.8. The molecule has 7 heteroatoms. The Morgan fingerprint density at radius 3 is 2.58 bits per heavy atom. The molecule has 2 aromatic carbocycles. The first-order valence-corrected chi connectivity index (χ1v) is 7.79. The number of carbonyl (C=O) groups is 2. The second kappa shape index (κ2) is 6.37. The molecule has 1 heterocycles. The molecule has 0 radical (unpaired) electrons. The zero-order chi connectivity index (χ0) is 17.3. The van der Waals surface area contributed by atoms with Crippen molar-refractivity contribution in [2.24, 2.45) is 0 Å². The van der Waals surface area contributed by atoms with Crippen molar-refractivity contribution in [1.82, 2.24) is 5.43 Å². The maximum absolute atomic E-state index is 12.5. The minimum absolute atomic E-state index is 0.00713. The number of hydrazine groups is 1. The molecule has 1 aliphatic heterocycles. The Balaban J connectivity index is 1.99. The molecule has 24 heavy (non-hydrogen) atoms. The average molecular weight is 389 g/mol. The highest BCUT2D eigenvalue weighted by molar-refractivity contribution is 9.10. The molecule has 0 spiro atoms. The summed E-state index contributed by atoms with van der Waals surface area (Å²) in [4.78, 5) is 24.7. The van der Waals surface area contributed by atoms with Gasteiger partial charge in [-0.2, -0.15) is 0 Å². The second-order valence-electron chi connectivity index (χ2n) is 5.02. The zero-order valence-corrected chi connectivity index (χ0v) is 14.2. The summed E-state index contributed by atoms with van der Waals surface area (Å²) in [5.41, 5.74) is 3.63. The topological polar surface area (TPSA) is 78.9 Å². The Morgan fingerprint density at radius 2 is 1.92 bits per heavy atom. The molecule has 0 saturated carbocycles. The number of methoxy groups -OCH3 is 1. The van der Waals surface area contributed by atoms with Crippen molar-refractivity contribution in [2.45, 2.75) is 0 Å². The number of nitrogens with one attached hydrogen (secondary N) is 1. The minimum atomic E-state index is -0.497. The number of halogens is 1. The van der Waals surface area contributed by atoms with Gasteiger partial charge in [-0.3, -0.25) is 15.0 Å². The van der Waals surface area contributed by atoms with Crippen molar-refractivity contribution in [3.8, 4) is 11.5 Å². The summed E-state index contributed by atoms with van der Waals surface area (Å²) < 4.78 is 5.59. The molecule has 2 aromatic rings. The number of rotatable bonds is 3. The van der Waals surface area contributed by atoms with Gasteiger partial charge >= 0.3 is 0 Å². The first-order chi connectivity index (χ1) is 11.5. The van der Waals surface area contributed by atoms with Crippen LogP contribution in [-0.2, 0) is 9.59 Å². The highest BCUT2D eigenvalue weighted by Crippen LogP contribution is 2.34. The summed E-state index contributed by atoms with van der Waals surface area (Å²) in [6.07, 6.45) is 1.45. The van der Waals surface area contributed by atoms with E-state index in [0.29, 0.717) is 15.7 Å². The van der Waals surface area contributed by atoms with E-state index in [1.165, 1.54) is 30.3 Å². The molecule has 6 nitrogen and oxygen atoms in total. The molecule has 1 saturated heterocycles. The fraction of sp³-hybridized carbons (Fsp3) is 0.0588. The lowest BCUT2D eigenvalue weighted by molar-refractivity contribution is -0.117. The van der Waals surface area contributed by atoms with Crippen molar-refractivity contribution < 1.29 is 19.4 Å². The van der Waals surface area contributed by atoms with E-state index in [-0.39, 0.29) is 17.1 Å². The predicted molar refractivity (Wildman–Crippen MR) is 92.4 cm³/mol. The second-order valence-corrected chi connectivity index (χ2v) is 5.87. The number of phenols is 1. The summed E-state index contributed by atoms with van der Waals surface area (Å²) in [5.74, 6) is -0.747. The van der Waals surface area contributed by atoms with Crippen molar-refractivity contribution in [1.29, 1.82) is 0 Å². The Bertz CT molecular complexity index is 849. The van der Waals surface area contributed by atoms with Gasteiger partial charge in [0.15, 0.2) is 11.5 Å². The number of phenolic OH excluding ortho intramolecular Hbond substituents is 1. The SMILES string of the molecule is COc1cc(/C=C2/C(=O)NN(c3ccccc3)C2=O)c(Br)cc1O. The maximum Gasteiger partial charge on any atom is 0.282 e. The Morgan fingerprint density at radius 1 is 1.21 bits per heavy atom. The summed E-state index contributed by atoms with van der Waals surface area (Å²) in [5, 5.41) is 10.9. The van der Waals surface area contributed by atoms with Crippen molar-refractivity contribution in [3.05, 3.63) is 58.1 Å². The highest BCUT2D eigenvalue weighted by atomic mass is 79.9. The van der Waals surface area contributed by atoms with Crippen LogP contribution < -0.4 is 15.2 Å². The predicted octanol–water partition coefficient (Wildman–Crippen LogP) is 2.62. The average Bonchev–Trinajstić information content (AvgIpc) is 2.86. The van der Waals surface area contributed by atoms with Gasteiger partial charge in [0.05, 0.1) is 12.8 Å². The number of amides is 2. The molecule has 0 atom stereocenters. The van der Waals surface area contributed by atoms with Crippen molar-refractivity contribution in [3.63, 3.8) is 0 Å². The van der Waals surface area contributed by atoms with E-state index in [2.05, 4.69) is 21.4 Å². The number of benzene rings is 2. The fourth-order valence-corrected chi connectivity index (χ4v) is 2.75. The number of aromatic hydroxyl groups is 1. The van der Waals surface area contributed by atoms with E-state index >= 15 is 0 Å². The number of nitrogens with zero attached hydrogens (tertiary/aromatic N) is 1. The number of hydrogen-bond donors (Lipinski definition) is 2. The summed E-state index contributed by atoms with van der Waals surface area (Å²) in [7, 11) is 1.42. The van der Waals surface area contributed by atoms with E-state index in [9.17, 15) is 14.7 Å². The smallest absolute Gasteiger partial charge is 0.282 e. The minimum Gasteiger partial charge on any atom is -0.504 e. The van der Waals surface area contributed by atoms with Crippen LogP contribution in [0.25, 0.3) is 6.08 Å². The Hall–Kier alpha value is -2.80. The third kappa shape index (κ3) is 2.85. The quantitative estimate of drug-likeness (QED) is 0.625. The van der Waals surface area contributed by atoms with Crippen LogP contribution >= 0.6 is 15.9 Å². The van der Waals surface area contributed by atoms with Gasteiger partial charge in [0.1, 0.15) is 5.57 Å². The van der Waals surface area contributed by atoms with Gasteiger partial charge in [0.2, 0.25) is 0 Å². The van der Waals surface area contributed by atoms with Gasteiger partial charge in [-0.05, 0) is 35.9 Å². The lowest BCUT2D eigenvalue weighted by atomic mass is 10.1. The monoisotopic (exact) mass is 388 g/mol. The van der Waals surface area contributed by atoms with E-state index in [1.807, 2.05) is 6.07 Å². The van der Waals surface area contributed by atoms with E-state index in [1.54, 1.807) is 24.3 Å². The third-order valence-corrected chi connectivity index (χ3v) is 4.19. The molecule has 122 valence electrons. The van der Waals surface area contributed by atoms with Gasteiger partial charge in [-0.1, -0.05) is 34.1 Å². The third-order valence-electron chi connectivity index (χ3n) is 3.50. The lowest BCUT2D eigenvalue weighted by Gasteiger charge is -2.13. The van der Waals surface area contributed by atoms with Crippen molar-refractivity contribution in [2.75, 3.05) is 12.1 Å².